The molecule has 0 atom stereocenters. The van der Waals surface area contributed by atoms with Crippen molar-refractivity contribution >= 4 is 32.5 Å². The lowest BCUT2D eigenvalue weighted by molar-refractivity contribution is -0.131. The number of aromatic nitrogens is 2. The highest BCUT2D eigenvalue weighted by molar-refractivity contribution is 7.92. The summed E-state index contributed by atoms with van der Waals surface area (Å²) < 4.78 is 31.0. The van der Waals surface area contributed by atoms with E-state index in [0.29, 0.717) is 24.3 Å². The summed E-state index contributed by atoms with van der Waals surface area (Å²) in [6.45, 7) is 4.55. The van der Waals surface area contributed by atoms with E-state index < -0.39 is 21.3 Å². The van der Waals surface area contributed by atoms with Gasteiger partial charge in [-0.1, -0.05) is 25.0 Å². The van der Waals surface area contributed by atoms with Crippen LogP contribution in [0.15, 0.2) is 50.9 Å². The van der Waals surface area contributed by atoms with E-state index in [1.165, 1.54) is 29.8 Å². The SMILES string of the molecule is Cc1cccc(NS(=O)(=O)c2ccc3c(c2)c(=O)n(CC(=O)N2CCCCCC2)c(=O)n3C)c1C. The minimum atomic E-state index is -4.00. The summed E-state index contributed by atoms with van der Waals surface area (Å²) in [5, 5.41) is 0.0552. The molecule has 10 heteroatoms. The zero-order chi connectivity index (χ0) is 25.3. The number of sulfonamides is 1. The number of carbonyl (C=O) groups excluding carboxylic acids is 1. The number of amides is 1. The standard InChI is InChI=1S/C25H30N4O5S/c1-17-9-8-10-21(18(17)2)26-35(33,34)19-11-12-22-20(15-19)24(31)29(25(32)27(22)3)16-23(30)28-13-6-4-5-7-14-28/h8-12,15,26H,4-7,13-14,16H2,1-3H3. The van der Waals surface area contributed by atoms with Gasteiger partial charge < -0.3 is 4.90 Å². The second kappa shape index (κ2) is 9.69. The molecule has 1 aromatic heterocycles. The Labute approximate surface area is 204 Å². The van der Waals surface area contributed by atoms with Gasteiger partial charge in [-0.2, -0.15) is 0 Å². The van der Waals surface area contributed by atoms with Gasteiger partial charge >= 0.3 is 5.69 Å². The van der Waals surface area contributed by atoms with E-state index >= 15 is 0 Å². The van der Waals surface area contributed by atoms with Crippen molar-refractivity contribution in [3.63, 3.8) is 0 Å². The molecule has 3 aromatic rings. The summed E-state index contributed by atoms with van der Waals surface area (Å²) >= 11 is 0. The van der Waals surface area contributed by atoms with Gasteiger partial charge in [-0.05, 0) is 62.1 Å². The van der Waals surface area contributed by atoms with E-state index in [1.807, 2.05) is 19.9 Å². The highest BCUT2D eigenvalue weighted by Gasteiger charge is 2.22. The number of anilines is 1. The average Bonchev–Trinajstić information content (AvgIpc) is 3.12. The van der Waals surface area contributed by atoms with Crippen molar-refractivity contribution < 1.29 is 13.2 Å². The first-order valence-corrected chi connectivity index (χ1v) is 13.2. The Bertz CT molecular complexity index is 1510. The quantitative estimate of drug-likeness (QED) is 0.581. The monoisotopic (exact) mass is 498 g/mol. The summed E-state index contributed by atoms with van der Waals surface area (Å²) in [6.07, 6.45) is 3.89. The number of hydrogen-bond donors (Lipinski definition) is 1. The fourth-order valence-corrected chi connectivity index (χ4v) is 5.57. The van der Waals surface area contributed by atoms with Crippen LogP contribution in [0, 0.1) is 13.8 Å². The van der Waals surface area contributed by atoms with Crippen LogP contribution in [0.3, 0.4) is 0 Å². The third-order valence-corrected chi connectivity index (χ3v) is 8.10. The smallest absolute Gasteiger partial charge is 0.331 e. The zero-order valence-electron chi connectivity index (χ0n) is 20.2. The van der Waals surface area contributed by atoms with Crippen molar-refractivity contribution in [1.82, 2.24) is 14.0 Å². The van der Waals surface area contributed by atoms with Crippen LogP contribution in [-0.4, -0.2) is 41.4 Å². The Morgan fingerprint density at radius 2 is 1.69 bits per heavy atom. The summed E-state index contributed by atoms with van der Waals surface area (Å²) in [5.41, 5.74) is 1.18. The Morgan fingerprint density at radius 3 is 2.37 bits per heavy atom. The van der Waals surface area contributed by atoms with Crippen molar-refractivity contribution in [2.45, 2.75) is 51.0 Å². The van der Waals surface area contributed by atoms with Crippen LogP contribution in [0.4, 0.5) is 5.69 Å². The lowest BCUT2D eigenvalue weighted by atomic mass is 10.1. The Hall–Kier alpha value is -3.40. The molecular formula is C25H30N4O5S. The molecule has 4 rings (SSSR count). The molecule has 0 aliphatic carbocycles. The van der Waals surface area contributed by atoms with E-state index in [4.69, 9.17) is 0 Å². The topological polar surface area (TPSA) is 110 Å². The number of carbonyl (C=O) groups is 1. The molecule has 1 fully saturated rings. The van der Waals surface area contributed by atoms with Gasteiger partial charge in [0, 0.05) is 20.1 Å². The molecule has 1 N–H and O–H groups in total. The van der Waals surface area contributed by atoms with Gasteiger partial charge in [-0.25, -0.2) is 13.2 Å². The van der Waals surface area contributed by atoms with Crippen molar-refractivity contribution in [3.05, 3.63) is 68.4 Å². The van der Waals surface area contributed by atoms with E-state index in [1.54, 1.807) is 17.0 Å². The average molecular weight is 499 g/mol. The molecule has 0 radical (unpaired) electrons. The van der Waals surface area contributed by atoms with Crippen LogP contribution in [0.1, 0.15) is 36.8 Å². The highest BCUT2D eigenvalue weighted by Crippen LogP contribution is 2.23. The minimum absolute atomic E-state index is 0.0552. The molecule has 0 unspecified atom stereocenters. The Morgan fingerprint density at radius 1 is 1.00 bits per heavy atom. The third kappa shape index (κ3) is 4.88. The number of nitrogens with zero attached hydrogens (tertiary/aromatic N) is 3. The van der Waals surface area contributed by atoms with Gasteiger partial charge in [-0.3, -0.25) is 23.4 Å². The van der Waals surface area contributed by atoms with Gasteiger partial charge in [0.2, 0.25) is 5.91 Å². The normalized spacial score (nSPS) is 14.7. The van der Waals surface area contributed by atoms with E-state index in [2.05, 4.69) is 4.72 Å². The van der Waals surface area contributed by atoms with Crippen molar-refractivity contribution in [1.29, 1.82) is 0 Å². The Kier molecular flexibility index (Phi) is 6.84. The number of aryl methyl sites for hydroxylation is 2. The van der Waals surface area contributed by atoms with Crippen LogP contribution in [0.5, 0.6) is 0 Å². The molecule has 35 heavy (non-hydrogen) atoms. The molecule has 1 aliphatic rings. The summed E-state index contributed by atoms with van der Waals surface area (Å²) in [5.74, 6) is -0.286. The largest absolute Gasteiger partial charge is 0.341 e. The maximum Gasteiger partial charge on any atom is 0.331 e. The lowest BCUT2D eigenvalue weighted by Crippen LogP contribution is -2.44. The number of nitrogens with one attached hydrogen (secondary N) is 1. The molecule has 0 spiro atoms. The van der Waals surface area contributed by atoms with Crippen LogP contribution in [0.2, 0.25) is 0 Å². The molecular weight excluding hydrogens is 468 g/mol. The molecule has 186 valence electrons. The number of fused-ring (bicyclic) bond motifs is 1. The van der Waals surface area contributed by atoms with Gasteiger partial charge in [0.25, 0.3) is 15.6 Å². The molecule has 0 bridgehead atoms. The number of rotatable bonds is 5. The van der Waals surface area contributed by atoms with Gasteiger partial charge in [0.1, 0.15) is 6.54 Å². The number of hydrogen-bond acceptors (Lipinski definition) is 5. The van der Waals surface area contributed by atoms with E-state index in [-0.39, 0.29) is 22.7 Å². The van der Waals surface area contributed by atoms with Gasteiger partial charge in [0.15, 0.2) is 0 Å². The van der Waals surface area contributed by atoms with Crippen LogP contribution >= 0.6 is 0 Å². The summed E-state index contributed by atoms with van der Waals surface area (Å²) in [6, 6.07) is 9.39. The molecule has 1 amide bonds. The first kappa shape index (κ1) is 24.7. The fourth-order valence-electron chi connectivity index (χ4n) is 4.42. The van der Waals surface area contributed by atoms with Gasteiger partial charge in [-0.15, -0.1) is 0 Å². The molecule has 1 aliphatic heterocycles. The number of likely N-dealkylation sites (tertiary alicyclic amines) is 1. The fraction of sp³-hybridized carbons (Fsp3) is 0.400. The molecule has 2 aromatic carbocycles. The molecule has 9 nitrogen and oxygen atoms in total. The van der Waals surface area contributed by atoms with Crippen molar-refractivity contribution in [3.8, 4) is 0 Å². The summed E-state index contributed by atoms with van der Waals surface area (Å²) in [7, 11) is -2.50. The van der Waals surface area contributed by atoms with Crippen LogP contribution < -0.4 is 16.0 Å². The third-order valence-electron chi connectivity index (χ3n) is 6.73. The highest BCUT2D eigenvalue weighted by atomic mass is 32.2. The first-order valence-electron chi connectivity index (χ1n) is 11.7. The van der Waals surface area contributed by atoms with E-state index in [9.17, 15) is 22.8 Å². The maximum absolute atomic E-state index is 13.3. The predicted octanol–water partition coefficient (Wildman–Crippen LogP) is 2.52. The van der Waals surface area contributed by atoms with Crippen molar-refractivity contribution in [2.24, 2.45) is 7.05 Å². The predicted molar refractivity (Wildman–Crippen MR) is 135 cm³/mol. The number of benzene rings is 2. The zero-order valence-corrected chi connectivity index (χ0v) is 21.0. The second-order valence-corrected chi connectivity index (χ2v) is 10.7. The Balaban J connectivity index is 1.74. The second-order valence-electron chi connectivity index (χ2n) is 9.06. The van der Waals surface area contributed by atoms with Crippen LogP contribution in [-0.2, 0) is 28.4 Å². The first-order chi connectivity index (χ1) is 16.6. The van der Waals surface area contributed by atoms with Crippen molar-refractivity contribution in [2.75, 3.05) is 17.8 Å². The minimum Gasteiger partial charge on any atom is -0.341 e. The molecule has 1 saturated heterocycles. The molecule has 2 heterocycles. The van der Waals surface area contributed by atoms with E-state index in [0.717, 1.165) is 41.4 Å². The molecule has 0 saturated carbocycles. The lowest BCUT2D eigenvalue weighted by Gasteiger charge is -2.21. The van der Waals surface area contributed by atoms with Gasteiger partial charge in [0.05, 0.1) is 21.5 Å². The van der Waals surface area contributed by atoms with Crippen LogP contribution in [0.25, 0.3) is 10.9 Å². The summed E-state index contributed by atoms with van der Waals surface area (Å²) in [4.78, 5) is 40.7. The maximum atomic E-state index is 13.3.